The molecule has 0 spiro atoms. The van der Waals surface area contributed by atoms with Crippen molar-refractivity contribution in [3.63, 3.8) is 0 Å². The Labute approximate surface area is 145 Å². The third-order valence-corrected chi connectivity index (χ3v) is 5.06. The Balaban J connectivity index is 1.55. The number of pyridine rings is 1. The van der Waals surface area contributed by atoms with Crippen LogP contribution in [0.2, 0.25) is 0 Å². The Morgan fingerprint density at radius 2 is 1.83 bits per heavy atom. The molecule has 1 aromatic carbocycles. The number of imidazole rings is 2. The zero-order valence-electron chi connectivity index (χ0n) is 13.7. The lowest BCUT2D eigenvalue weighted by Gasteiger charge is -1.98. The smallest absolute Gasteiger partial charge is 0.168 e. The van der Waals surface area contributed by atoms with Crippen molar-refractivity contribution in [2.45, 2.75) is 17.8 Å². The summed E-state index contributed by atoms with van der Waals surface area (Å²) in [5.74, 6) is 0.806. The Hall–Kier alpha value is -2.53. The number of aromatic nitrogens is 4. The largest absolute Gasteiger partial charge is 0.328 e. The Bertz CT molecular complexity index is 985. The first-order chi connectivity index (χ1) is 11.7. The molecule has 0 aliphatic rings. The van der Waals surface area contributed by atoms with Crippen molar-refractivity contribution < 1.29 is 0 Å². The fraction of sp³-hybridized carbons (Fsp3) is 0.158. The van der Waals surface area contributed by atoms with Gasteiger partial charge in [0.05, 0.1) is 11.4 Å². The molecule has 0 unspecified atom stereocenters. The summed E-state index contributed by atoms with van der Waals surface area (Å²) < 4.78 is 4.16. The number of rotatable bonds is 4. The van der Waals surface area contributed by atoms with Crippen LogP contribution in [0, 0.1) is 6.92 Å². The summed E-state index contributed by atoms with van der Waals surface area (Å²) in [6.07, 6.45) is 6.21. The molecule has 4 aromatic rings. The second kappa shape index (κ2) is 6.17. The van der Waals surface area contributed by atoms with Crippen LogP contribution in [0.25, 0.3) is 16.9 Å². The summed E-state index contributed by atoms with van der Waals surface area (Å²) in [5, 5.41) is 1.00. The average Bonchev–Trinajstić information content (AvgIpc) is 3.18. The van der Waals surface area contributed by atoms with E-state index in [1.807, 2.05) is 37.5 Å². The summed E-state index contributed by atoms with van der Waals surface area (Å²) in [6, 6.07) is 14.4. The third kappa shape index (κ3) is 2.83. The maximum Gasteiger partial charge on any atom is 0.168 e. The number of hydrogen-bond donors (Lipinski definition) is 0. The maximum absolute atomic E-state index is 4.76. The van der Waals surface area contributed by atoms with Gasteiger partial charge in [-0.15, -0.1) is 0 Å². The minimum absolute atomic E-state index is 0.806. The molecule has 0 saturated carbocycles. The highest BCUT2D eigenvalue weighted by atomic mass is 32.2. The van der Waals surface area contributed by atoms with Gasteiger partial charge < -0.3 is 8.97 Å². The first kappa shape index (κ1) is 15.0. The van der Waals surface area contributed by atoms with Gasteiger partial charge in [0.1, 0.15) is 5.65 Å². The first-order valence-electron chi connectivity index (χ1n) is 7.85. The summed E-state index contributed by atoms with van der Waals surface area (Å²) >= 11 is 1.71. The SMILES string of the molecule is Cc1cccn2cc(CSc3nc(-c4ccccc4)cn3C)nc12. The molecule has 120 valence electrons. The highest BCUT2D eigenvalue weighted by Crippen LogP contribution is 2.26. The minimum atomic E-state index is 0.806. The minimum Gasteiger partial charge on any atom is -0.328 e. The molecular weight excluding hydrogens is 316 g/mol. The first-order valence-corrected chi connectivity index (χ1v) is 8.84. The predicted molar refractivity (Wildman–Crippen MR) is 98.1 cm³/mol. The van der Waals surface area contributed by atoms with Gasteiger partial charge in [-0.3, -0.25) is 0 Å². The zero-order chi connectivity index (χ0) is 16.5. The van der Waals surface area contributed by atoms with Crippen LogP contribution in [0.15, 0.2) is 66.2 Å². The molecule has 0 saturated heterocycles. The molecule has 4 nitrogen and oxygen atoms in total. The van der Waals surface area contributed by atoms with Crippen molar-refractivity contribution in [2.24, 2.45) is 7.05 Å². The lowest BCUT2D eigenvalue weighted by molar-refractivity contribution is 0.790. The van der Waals surface area contributed by atoms with E-state index in [4.69, 9.17) is 9.97 Å². The fourth-order valence-electron chi connectivity index (χ4n) is 2.74. The van der Waals surface area contributed by atoms with Gasteiger partial charge in [-0.05, 0) is 18.6 Å². The highest BCUT2D eigenvalue weighted by molar-refractivity contribution is 7.98. The molecule has 0 radical (unpaired) electrons. The normalized spacial score (nSPS) is 11.2. The second-order valence-corrected chi connectivity index (χ2v) is 6.77. The number of nitrogens with zero attached hydrogens (tertiary/aromatic N) is 4. The molecule has 0 amide bonds. The molecule has 0 fully saturated rings. The van der Waals surface area contributed by atoms with E-state index in [1.54, 1.807) is 11.8 Å². The molecule has 0 aliphatic heterocycles. The van der Waals surface area contributed by atoms with Crippen molar-refractivity contribution in [1.29, 1.82) is 0 Å². The van der Waals surface area contributed by atoms with Gasteiger partial charge in [-0.25, -0.2) is 9.97 Å². The molecular formula is C19H18N4S. The monoisotopic (exact) mass is 334 g/mol. The lowest BCUT2D eigenvalue weighted by atomic mass is 10.2. The molecule has 4 rings (SSSR count). The Morgan fingerprint density at radius 3 is 2.62 bits per heavy atom. The van der Waals surface area contributed by atoms with Gasteiger partial charge in [0.2, 0.25) is 0 Å². The van der Waals surface area contributed by atoms with Crippen molar-refractivity contribution in [1.82, 2.24) is 18.9 Å². The van der Waals surface area contributed by atoms with Crippen molar-refractivity contribution >= 4 is 17.4 Å². The Kier molecular flexibility index (Phi) is 3.86. The predicted octanol–water partition coefficient (Wildman–Crippen LogP) is 4.34. The van der Waals surface area contributed by atoms with Crippen LogP contribution in [0.5, 0.6) is 0 Å². The van der Waals surface area contributed by atoms with Crippen LogP contribution in [0.4, 0.5) is 0 Å². The summed E-state index contributed by atoms with van der Waals surface area (Å²) in [7, 11) is 2.04. The number of hydrogen-bond acceptors (Lipinski definition) is 3. The van der Waals surface area contributed by atoms with Crippen LogP contribution in [0.3, 0.4) is 0 Å². The number of benzene rings is 1. The van der Waals surface area contributed by atoms with Crippen LogP contribution in [0.1, 0.15) is 11.3 Å². The number of thioether (sulfide) groups is 1. The van der Waals surface area contributed by atoms with Gasteiger partial charge in [0.15, 0.2) is 5.16 Å². The van der Waals surface area contributed by atoms with Crippen molar-refractivity contribution in [3.05, 3.63) is 72.3 Å². The lowest BCUT2D eigenvalue weighted by Crippen LogP contribution is -1.89. The maximum atomic E-state index is 4.76. The highest BCUT2D eigenvalue weighted by Gasteiger charge is 2.10. The summed E-state index contributed by atoms with van der Waals surface area (Å²) in [6.45, 7) is 2.09. The van der Waals surface area contributed by atoms with Gasteiger partial charge in [-0.1, -0.05) is 48.2 Å². The molecule has 0 atom stereocenters. The molecule has 0 N–H and O–H groups in total. The van der Waals surface area contributed by atoms with Gasteiger partial charge in [0.25, 0.3) is 0 Å². The summed E-state index contributed by atoms with van der Waals surface area (Å²) in [4.78, 5) is 9.48. The molecule has 3 aromatic heterocycles. The van der Waals surface area contributed by atoms with Crippen molar-refractivity contribution in [2.75, 3.05) is 0 Å². The van der Waals surface area contributed by atoms with Gasteiger partial charge in [-0.2, -0.15) is 0 Å². The molecule has 5 heteroatoms. The van der Waals surface area contributed by atoms with Crippen molar-refractivity contribution in [3.8, 4) is 11.3 Å². The van der Waals surface area contributed by atoms with Gasteiger partial charge in [0, 0.05) is 37.0 Å². The van der Waals surface area contributed by atoms with Gasteiger partial charge >= 0.3 is 0 Å². The van der Waals surface area contributed by atoms with E-state index in [1.165, 1.54) is 5.56 Å². The standard InChI is InChI=1S/C19H18N4S/c1-14-7-6-10-23-11-16(20-18(14)23)13-24-19-21-17(12-22(19)2)15-8-4-3-5-9-15/h3-12H,13H2,1-2H3. The third-order valence-electron chi connectivity index (χ3n) is 3.98. The van der Waals surface area contributed by atoms with E-state index < -0.39 is 0 Å². The molecule has 0 bridgehead atoms. The molecule has 24 heavy (non-hydrogen) atoms. The van der Waals surface area contributed by atoms with E-state index in [-0.39, 0.29) is 0 Å². The van der Waals surface area contributed by atoms with E-state index >= 15 is 0 Å². The van der Waals surface area contributed by atoms with E-state index in [2.05, 4.69) is 46.5 Å². The zero-order valence-corrected chi connectivity index (χ0v) is 14.5. The van der Waals surface area contributed by atoms with Crippen LogP contribution >= 0.6 is 11.8 Å². The average molecular weight is 334 g/mol. The molecule has 3 heterocycles. The fourth-order valence-corrected chi connectivity index (χ4v) is 3.58. The molecule has 0 aliphatic carbocycles. The summed E-state index contributed by atoms with van der Waals surface area (Å²) in [5.41, 5.74) is 5.43. The van der Waals surface area contributed by atoms with E-state index in [9.17, 15) is 0 Å². The van der Waals surface area contributed by atoms with Crippen LogP contribution < -0.4 is 0 Å². The topological polar surface area (TPSA) is 35.1 Å². The Morgan fingerprint density at radius 1 is 1.00 bits per heavy atom. The van der Waals surface area contributed by atoms with E-state index in [0.29, 0.717) is 0 Å². The quantitative estimate of drug-likeness (QED) is 0.521. The number of fused-ring (bicyclic) bond motifs is 1. The second-order valence-electron chi connectivity index (χ2n) is 5.83. The number of aryl methyl sites for hydroxylation is 2. The van der Waals surface area contributed by atoms with Crippen LogP contribution in [-0.4, -0.2) is 18.9 Å². The van der Waals surface area contributed by atoms with E-state index in [0.717, 1.165) is 33.5 Å². The van der Waals surface area contributed by atoms with Crippen LogP contribution in [-0.2, 0) is 12.8 Å².